The summed E-state index contributed by atoms with van der Waals surface area (Å²) in [5.41, 5.74) is -7.37. The van der Waals surface area contributed by atoms with Crippen molar-refractivity contribution in [1.29, 1.82) is 0 Å². The van der Waals surface area contributed by atoms with Crippen molar-refractivity contribution in [2.45, 2.75) is 405 Å². The first-order valence-electron chi connectivity index (χ1n) is 44.3. The standard InChI is InChI=1S/C85H135NO43/c1-14-81(10,129-75-59(105)50(96)45(91)30(2)115-75)21-15-16-34(27-87)66(108)119-43-26-85(78(112)128-77-65(53(99)55(101)68(110)127-77)124-74-61(107)63(122-72-58(104)51(97)54(100)67(109)125-72)62(32(4)117-74)121-73-60(106)56(102)69(111)126-73)36(24-79(43,6)7)35-17-18-40-82(11)22-20-42(80(8,9)39(82)19-23-83(40,12)84(35,13)25-41(85)90)120-70-44(86-33(5)88)49(95)48(94)38(118-70)29-114-76-64(52(98)46(92)31(3)116-76)123-71-57(103)47(93)37(89)28-113-71/h14,16-17,30-32,36-65,67-77,87,89-107,109-111H,1,15,18-29H2,2-13H3,(H,86,88)/b34-16+/t30-,31-,32+,36-,37-,38-,39-,40-,41-,42-,43-,44-,45-,46+,47+,48-,49-,50+,51+,52+,53+,54+,55+,56-,57-,58-,59-,60-,61-,62+,63+,64-,65-,67+,68+,69-,70+,71+,72-,73-,74+,75+,76-,77+,81-,82-,83-,84-,85-/m1/s1. The maximum atomic E-state index is 16.6. The molecule has 738 valence electrons. The van der Waals surface area contributed by atoms with Crippen molar-refractivity contribution >= 4 is 17.8 Å². The minimum absolute atomic E-state index is 0.0231. The lowest BCUT2D eigenvalue weighted by Crippen LogP contribution is -2.70. The average Bonchev–Trinajstić information content (AvgIpc) is 0.944. The highest BCUT2D eigenvalue weighted by molar-refractivity contribution is 5.89. The van der Waals surface area contributed by atoms with Gasteiger partial charge in [-0.1, -0.05) is 72.3 Å². The van der Waals surface area contributed by atoms with Gasteiger partial charge < -0.3 is 203 Å². The normalized spacial score (nSPS) is 51.6. The smallest absolute Gasteiger partial charge is 0.336 e. The first kappa shape index (κ1) is 103. The van der Waals surface area contributed by atoms with Crippen molar-refractivity contribution in [3.63, 3.8) is 0 Å². The van der Waals surface area contributed by atoms with Crippen LogP contribution in [0.5, 0.6) is 0 Å². The van der Waals surface area contributed by atoms with E-state index in [2.05, 4.69) is 45.7 Å². The van der Waals surface area contributed by atoms with Gasteiger partial charge in [-0.15, -0.1) is 6.58 Å². The maximum absolute atomic E-state index is 16.6. The summed E-state index contributed by atoms with van der Waals surface area (Å²) in [5, 5.41) is 258. The molecule has 1 amide bonds. The Morgan fingerprint density at radius 3 is 1.67 bits per heavy atom. The Bertz CT molecular complexity index is 3930. The highest BCUT2D eigenvalue weighted by Gasteiger charge is 2.74. The van der Waals surface area contributed by atoms with E-state index in [0.717, 1.165) is 5.57 Å². The third kappa shape index (κ3) is 19.0. The summed E-state index contributed by atoms with van der Waals surface area (Å²) in [6, 6.07) is -1.37. The quantitative estimate of drug-likeness (QED) is 0.0175. The minimum atomic E-state index is -2.38. The van der Waals surface area contributed by atoms with Crippen molar-refractivity contribution in [2.24, 2.45) is 50.2 Å². The molecule has 44 nitrogen and oxygen atoms in total. The molecule has 24 N–H and O–H groups in total. The Morgan fingerprint density at radius 2 is 1.05 bits per heavy atom. The summed E-state index contributed by atoms with van der Waals surface area (Å²) in [5.74, 6) is -4.38. The van der Waals surface area contributed by atoms with Crippen molar-refractivity contribution in [3.05, 3.63) is 36.0 Å². The molecule has 5 aliphatic carbocycles. The molecule has 8 heterocycles. The number of carbonyl (C=O) groups excluding carboxylic acids is 3. The molecular formula is C85H135NO43. The lowest BCUT2D eigenvalue weighted by molar-refractivity contribution is -0.404. The van der Waals surface area contributed by atoms with Crippen LogP contribution in [0.4, 0.5) is 0 Å². The molecular weight excluding hydrogens is 1720 g/mol. The van der Waals surface area contributed by atoms with E-state index in [0.29, 0.717) is 32.1 Å². The third-order valence-corrected chi connectivity index (χ3v) is 30.9. The number of hydrogen-bond acceptors (Lipinski definition) is 43. The molecule has 8 aliphatic heterocycles. The first-order valence-corrected chi connectivity index (χ1v) is 44.3. The second-order valence-electron chi connectivity index (χ2n) is 39.8. The topological polar surface area (TPSA) is 685 Å². The van der Waals surface area contributed by atoms with Crippen LogP contribution in [0.2, 0.25) is 0 Å². The van der Waals surface area contributed by atoms with Crippen LogP contribution in [0.15, 0.2) is 36.0 Å². The van der Waals surface area contributed by atoms with E-state index in [1.165, 1.54) is 39.8 Å². The molecule has 13 aliphatic rings. The summed E-state index contributed by atoms with van der Waals surface area (Å²) in [7, 11) is 0. The highest BCUT2D eigenvalue weighted by Crippen LogP contribution is 2.76. The molecule has 13 rings (SSSR count). The van der Waals surface area contributed by atoms with E-state index in [4.69, 9.17) is 80.5 Å². The van der Waals surface area contributed by atoms with Crippen molar-refractivity contribution < 1.29 is 212 Å². The summed E-state index contributed by atoms with van der Waals surface area (Å²) in [6.07, 6.45) is -65.4. The van der Waals surface area contributed by atoms with Gasteiger partial charge in [0.2, 0.25) is 12.2 Å². The van der Waals surface area contributed by atoms with Gasteiger partial charge in [-0.2, -0.15) is 0 Å². The number of esters is 2. The van der Waals surface area contributed by atoms with Crippen LogP contribution in [-0.4, -0.2) is 413 Å². The number of rotatable bonds is 25. The molecule has 0 radical (unpaired) electrons. The predicted octanol–water partition coefficient (Wildman–Crippen LogP) is -7.23. The van der Waals surface area contributed by atoms with Gasteiger partial charge in [-0.3, -0.25) is 9.59 Å². The zero-order valence-electron chi connectivity index (χ0n) is 74.0. The van der Waals surface area contributed by atoms with Gasteiger partial charge >= 0.3 is 11.9 Å². The zero-order chi connectivity index (χ0) is 94.8. The summed E-state index contributed by atoms with van der Waals surface area (Å²) < 4.78 is 102. The van der Waals surface area contributed by atoms with E-state index in [1.54, 1.807) is 20.8 Å². The van der Waals surface area contributed by atoms with Crippen molar-refractivity contribution in [3.8, 4) is 0 Å². The van der Waals surface area contributed by atoms with Gasteiger partial charge in [0.25, 0.3) is 0 Å². The Kier molecular flexibility index (Phi) is 31.1. The fourth-order valence-corrected chi connectivity index (χ4v) is 22.8. The number of ether oxygens (including phenoxy) is 17. The molecule has 129 heavy (non-hydrogen) atoms. The van der Waals surface area contributed by atoms with Crippen LogP contribution < -0.4 is 5.32 Å². The minimum Gasteiger partial charge on any atom is -0.458 e. The molecule has 0 aromatic rings. The molecule has 0 aromatic heterocycles. The van der Waals surface area contributed by atoms with E-state index in [9.17, 15) is 127 Å². The number of aliphatic hydroxyl groups is 23. The third-order valence-electron chi connectivity index (χ3n) is 30.9. The summed E-state index contributed by atoms with van der Waals surface area (Å²) in [4.78, 5) is 44.5. The maximum Gasteiger partial charge on any atom is 0.336 e. The molecule has 4 saturated carbocycles. The van der Waals surface area contributed by atoms with Gasteiger partial charge in [0.05, 0.1) is 61.5 Å². The van der Waals surface area contributed by atoms with Gasteiger partial charge in [0, 0.05) is 18.8 Å². The van der Waals surface area contributed by atoms with E-state index >= 15 is 4.79 Å². The largest absolute Gasteiger partial charge is 0.458 e. The highest BCUT2D eigenvalue weighted by atomic mass is 16.8. The lowest BCUT2D eigenvalue weighted by Gasteiger charge is -2.72. The number of nitrogens with one attached hydrogen (secondary N) is 1. The van der Waals surface area contributed by atoms with Crippen LogP contribution in [0.25, 0.3) is 0 Å². The number of carbonyl (C=O) groups is 3. The lowest BCUT2D eigenvalue weighted by atomic mass is 9.33. The van der Waals surface area contributed by atoms with Crippen LogP contribution >= 0.6 is 0 Å². The number of allylic oxidation sites excluding steroid dienone is 3. The van der Waals surface area contributed by atoms with Crippen LogP contribution in [0.3, 0.4) is 0 Å². The van der Waals surface area contributed by atoms with Crippen molar-refractivity contribution in [1.82, 2.24) is 5.32 Å². The Hall–Kier alpha value is -3.89. The molecule has 12 fully saturated rings. The molecule has 0 bridgehead atoms. The predicted molar refractivity (Wildman–Crippen MR) is 426 cm³/mol. The number of hydrogen-bond donors (Lipinski definition) is 24. The molecule has 49 atom stereocenters. The van der Waals surface area contributed by atoms with Gasteiger partial charge in [-0.25, -0.2) is 4.79 Å². The van der Waals surface area contributed by atoms with Crippen LogP contribution in [0.1, 0.15) is 147 Å². The molecule has 0 spiro atoms. The molecule has 8 saturated heterocycles. The zero-order valence-corrected chi connectivity index (χ0v) is 74.0. The Balaban J connectivity index is 0.791. The molecule has 0 unspecified atom stereocenters. The van der Waals surface area contributed by atoms with Crippen LogP contribution in [-0.2, 0) is 94.9 Å². The number of amides is 1. The van der Waals surface area contributed by atoms with Gasteiger partial charge in [-0.05, 0) is 125 Å². The number of fused-ring (bicyclic) bond motifs is 7. The van der Waals surface area contributed by atoms with Crippen molar-refractivity contribution in [2.75, 3.05) is 19.8 Å². The fraction of sp³-hybridized carbons (Fsp3) is 0.894. The second-order valence-corrected chi connectivity index (χ2v) is 39.8. The molecule has 44 heteroatoms. The first-order chi connectivity index (χ1) is 60.3. The Labute approximate surface area is 743 Å². The van der Waals surface area contributed by atoms with E-state index < -0.39 is 340 Å². The Morgan fingerprint density at radius 1 is 0.519 bits per heavy atom. The van der Waals surface area contributed by atoms with Gasteiger partial charge in [0.1, 0.15) is 152 Å². The number of aliphatic hydroxyl groups excluding tert-OH is 23. The van der Waals surface area contributed by atoms with Gasteiger partial charge in [0.15, 0.2) is 69.0 Å². The van der Waals surface area contributed by atoms with Crippen LogP contribution in [0, 0.1) is 50.2 Å². The monoisotopic (exact) mass is 1860 g/mol. The SMILES string of the molecule is C=C[C@](C)(CC/C=C(\CO)C(=O)O[C@@H]1C[C@]2(C(=O)O[C@@H]3O[C@H](O)[C@@H](O)[C@H](O)[C@H]3O[C@@H]3O[C@@H](C)[C@H](O[C@@H]4O[C@@H](O)[C@H](O)[C@H]4O)[C@@H](O[C@@H]4O[C@H](O)[C@@H](O)[C@H](O)[C@H]4O)[C@H]3O)[C@H](O)C[C@]3(C)C(=CC[C@@H]4[C@]5(C)CC[C@@H](O[C@@H]6O[C@H](CO[C@@H]7O[C@H](C)[C@H](O)[C@H](O)[C@H]7O[C@@H]7OC[C@@H](O)[C@H](O)[C@H]7O)[C@@H](O)[C@H](O)[C@H]6NC(C)=O)C(C)(C)[C@H]5CC[C@]43C)[C@H]2CC1(C)C)O[C@@H]1O[C@H](C)[C@@H](O)[C@H](O)[C@H]1O. The van der Waals surface area contributed by atoms with E-state index in [-0.39, 0.29) is 43.1 Å². The second kappa shape index (κ2) is 39.2. The fourth-order valence-electron chi connectivity index (χ4n) is 22.8. The molecule has 0 aromatic carbocycles. The summed E-state index contributed by atoms with van der Waals surface area (Å²) in [6.45, 7) is 23.0. The van der Waals surface area contributed by atoms with E-state index in [1.807, 2.05) is 6.92 Å². The average molecular weight is 1860 g/mol. The summed E-state index contributed by atoms with van der Waals surface area (Å²) >= 11 is 0.